The Labute approximate surface area is 108 Å². The van der Waals surface area contributed by atoms with E-state index in [9.17, 15) is 18.0 Å². The highest BCUT2D eigenvalue weighted by Crippen LogP contribution is 2.21. The minimum atomic E-state index is -3.14. The molecule has 0 radical (unpaired) electrons. The fourth-order valence-corrected chi connectivity index (χ4v) is 4.19. The Morgan fingerprint density at radius 1 is 1.21 bits per heavy atom. The van der Waals surface area contributed by atoms with Crippen LogP contribution in [-0.4, -0.2) is 29.5 Å². The number of fused-ring (bicyclic) bond motifs is 1. The Kier molecular flexibility index (Phi) is 2.60. The highest BCUT2D eigenvalue weighted by Gasteiger charge is 2.31. The second-order valence-corrected chi connectivity index (χ2v) is 6.94. The topological polar surface area (TPSA) is 89.0 Å². The molecule has 7 heteroatoms. The van der Waals surface area contributed by atoms with Crippen molar-refractivity contribution in [2.45, 2.75) is 12.5 Å². The molecule has 0 amide bonds. The minimum absolute atomic E-state index is 0.0242. The van der Waals surface area contributed by atoms with E-state index in [0.29, 0.717) is 17.3 Å². The fraction of sp³-hybridized carbons (Fsp3) is 0.333. The normalized spacial score (nSPS) is 21.8. The maximum Gasteiger partial charge on any atom is 0.329 e. The molecule has 3 rings (SSSR count). The first kappa shape index (κ1) is 12.2. The van der Waals surface area contributed by atoms with Crippen LogP contribution < -0.4 is 11.2 Å². The number of sulfone groups is 1. The van der Waals surface area contributed by atoms with E-state index in [-0.39, 0.29) is 11.5 Å². The molecule has 1 N–H and O–H groups in total. The van der Waals surface area contributed by atoms with Crippen LogP contribution in [0.15, 0.2) is 33.9 Å². The van der Waals surface area contributed by atoms with Gasteiger partial charge < -0.3 is 4.98 Å². The number of benzene rings is 1. The summed E-state index contributed by atoms with van der Waals surface area (Å²) in [7, 11) is -3.14. The largest absolute Gasteiger partial charge is 0.329 e. The summed E-state index contributed by atoms with van der Waals surface area (Å²) in [5, 5.41) is 0.395. The van der Waals surface area contributed by atoms with Gasteiger partial charge in [0.2, 0.25) is 0 Å². The number of para-hydroxylation sites is 1. The van der Waals surface area contributed by atoms with E-state index in [2.05, 4.69) is 4.98 Å². The lowest BCUT2D eigenvalue weighted by atomic mass is 10.2. The number of H-pyrrole nitrogens is 1. The summed E-state index contributed by atoms with van der Waals surface area (Å²) in [5.74, 6) is -0.120. The molecule has 6 nitrogen and oxygen atoms in total. The monoisotopic (exact) mass is 280 g/mol. The number of hydrogen-bond acceptors (Lipinski definition) is 4. The molecule has 1 atom stereocenters. The molecule has 0 unspecified atom stereocenters. The average Bonchev–Trinajstić information content (AvgIpc) is 2.69. The van der Waals surface area contributed by atoms with Crippen LogP contribution in [0, 0.1) is 0 Å². The zero-order chi connectivity index (χ0) is 13.6. The minimum Gasteiger partial charge on any atom is -0.307 e. The second-order valence-electron chi connectivity index (χ2n) is 4.71. The van der Waals surface area contributed by atoms with Gasteiger partial charge in [-0.25, -0.2) is 13.2 Å². The lowest BCUT2D eigenvalue weighted by Gasteiger charge is -2.11. The number of rotatable bonds is 1. The van der Waals surface area contributed by atoms with Crippen molar-refractivity contribution < 1.29 is 8.42 Å². The smallest absolute Gasteiger partial charge is 0.307 e. The molecule has 0 spiro atoms. The summed E-state index contributed by atoms with van der Waals surface area (Å²) >= 11 is 0. The molecule has 2 aromatic rings. The first-order valence-corrected chi connectivity index (χ1v) is 7.74. The number of hydrogen-bond donors (Lipinski definition) is 1. The lowest BCUT2D eigenvalue weighted by molar-refractivity contribution is 0.517. The summed E-state index contributed by atoms with van der Waals surface area (Å²) in [6.07, 6.45) is 0.309. The van der Waals surface area contributed by atoms with E-state index in [4.69, 9.17) is 0 Å². The summed E-state index contributed by atoms with van der Waals surface area (Å²) in [6, 6.07) is 6.13. The van der Waals surface area contributed by atoms with Crippen molar-refractivity contribution in [3.63, 3.8) is 0 Å². The van der Waals surface area contributed by atoms with Gasteiger partial charge in [-0.1, -0.05) is 12.1 Å². The highest BCUT2D eigenvalue weighted by atomic mass is 32.2. The summed E-state index contributed by atoms with van der Waals surface area (Å²) in [4.78, 5) is 26.9. The van der Waals surface area contributed by atoms with Crippen LogP contribution in [0.1, 0.15) is 12.5 Å². The first-order valence-electron chi connectivity index (χ1n) is 5.92. The standard InChI is InChI=1S/C12H12N2O4S/c15-11-9-3-1-2-4-10(9)13-12(16)14(11)8-5-6-19(17,18)7-8/h1-4,8H,5-7H2,(H,13,16)/t8-/m0/s1. The van der Waals surface area contributed by atoms with Gasteiger partial charge >= 0.3 is 5.69 Å². The number of aromatic nitrogens is 2. The van der Waals surface area contributed by atoms with Crippen molar-refractivity contribution >= 4 is 20.7 Å². The van der Waals surface area contributed by atoms with Gasteiger partial charge in [0.05, 0.1) is 28.5 Å². The van der Waals surface area contributed by atoms with Crippen molar-refractivity contribution in [1.82, 2.24) is 9.55 Å². The van der Waals surface area contributed by atoms with E-state index in [1.165, 1.54) is 0 Å². The maximum absolute atomic E-state index is 12.3. The molecule has 1 aromatic heterocycles. The summed E-state index contributed by atoms with van der Waals surface area (Å²) in [6.45, 7) is 0. The molecule has 1 aliphatic heterocycles. The van der Waals surface area contributed by atoms with E-state index in [0.717, 1.165) is 4.57 Å². The summed E-state index contributed by atoms with van der Waals surface area (Å²) < 4.78 is 24.0. The van der Waals surface area contributed by atoms with Gasteiger partial charge in [0.15, 0.2) is 9.84 Å². The zero-order valence-corrected chi connectivity index (χ0v) is 10.8. The van der Waals surface area contributed by atoms with Crippen molar-refractivity contribution in [3.8, 4) is 0 Å². The van der Waals surface area contributed by atoms with Crippen LogP contribution in [0.2, 0.25) is 0 Å². The van der Waals surface area contributed by atoms with Crippen LogP contribution in [0.4, 0.5) is 0 Å². The van der Waals surface area contributed by atoms with Crippen molar-refractivity contribution in [2.75, 3.05) is 11.5 Å². The second kappa shape index (κ2) is 4.06. The van der Waals surface area contributed by atoms with E-state index < -0.39 is 27.1 Å². The molecule has 2 heterocycles. The average molecular weight is 280 g/mol. The molecule has 19 heavy (non-hydrogen) atoms. The quantitative estimate of drug-likeness (QED) is 0.799. The summed E-state index contributed by atoms with van der Waals surface area (Å²) in [5.41, 5.74) is -0.512. The van der Waals surface area contributed by atoms with Gasteiger partial charge in [0.1, 0.15) is 0 Å². The SMILES string of the molecule is O=c1[nH]c2ccccc2c(=O)n1[C@H]1CCS(=O)(=O)C1. The Hall–Kier alpha value is -1.89. The zero-order valence-electron chi connectivity index (χ0n) is 10.00. The van der Waals surface area contributed by atoms with E-state index >= 15 is 0 Å². The molecule has 1 fully saturated rings. The number of nitrogens with one attached hydrogen (secondary N) is 1. The molecule has 100 valence electrons. The molecule has 0 aliphatic carbocycles. The van der Waals surface area contributed by atoms with Gasteiger partial charge in [0.25, 0.3) is 5.56 Å². The fourth-order valence-electron chi connectivity index (χ4n) is 2.49. The molecule has 1 aliphatic rings. The predicted molar refractivity (Wildman–Crippen MR) is 71.1 cm³/mol. The third-order valence-corrected chi connectivity index (χ3v) is 5.16. The van der Waals surface area contributed by atoms with Crippen LogP contribution in [0.5, 0.6) is 0 Å². The predicted octanol–water partition coefficient (Wildman–Crippen LogP) is 0.0494. The van der Waals surface area contributed by atoms with Gasteiger partial charge in [-0.3, -0.25) is 9.36 Å². The lowest BCUT2D eigenvalue weighted by Crippen LogP contribution is -2.38. The first-order chi connectivity index (χ1) is 8.98. The molecule has 0 saturated carbocycles. The third-order valence-electron chi connectivity index (χ3n) is 3.41. The molecular weight excluding hydrogens is 268 g/mol. The Morgan fingerprint density at radius 2 is 1.95 bits per heavy atom. The maximum atomic E-state index is 12.3. The molecular formula is C12H12N2O4S. The van der Waals surface area contributed by atoms with Crippen molar-refractivity contribution in [2.24, 2.45) is 0 Å². The van der Waals surface area contributed by atoms with Crippen LogP contribution >= 0.6 is 0 Å². The van der Waals surface area contributed by atoms with E-state index in [1.807, 2.05) is 0 Å². The van der Waals surface area contributed by atoms with Gasteiger partial charge in [-0.05, 0) is 18.6 Å². The Balaban J connectivity index is 2.25. The molecule has 0 bridgehead atoms. The van der Waals surface area contributed by atoms with Crippen LogP contribution in [-0.2, 0) is 9.84 Å². The van der Waals surface area contributed by atoms with Crippen LogP contribution in [0.3, 0.4) is 0 Å². The van der Waals surface area contributed by atoms with E-state index in [1.54, 1.807) is 24.3 Å². The highest BCUT2D eigenvalue weighted by molar-refractivity contribution is 7.91. The third kappa shape index (κ3) is 1.99. The van der Waals surface area contributed by atoms with Crippen LogP contribution in [0.25, 0.3) is 10.9 Å². The van der Waals surface area contributed by atoms with Gasteiger partial charge in [-0.2, -0.15) is 0 Å². The van der Waals surface area contributed by atoms with Crippen molar-refractivity contribution in [3.05, 3.63) is 45.1 Å². The molecule has 1 aromatic carbocycles. The number of aromatic amines is 1. The van der Waals surface area contributed by atoms with Gasteiger partial charge in [0, 0.05) is 0 Å². The molecule has 1 saturated heterocycles. The number of nitrogens with zero attached hydrogens (tertiary/aromatic N) is 1. The Bertz CT molecular complexity index is 863. The van der Waals surface area contributed by atoms with Gasteiger partial charge in [-0.15, -0.1) is 0 Å². The van der Waals surface area contributed by atoms with Crippen molar-refractivity contribution in [1.29, 1.82) is 0 Å². The Morgan fingerprint density at radius 3 is 2.63 bits per heavy atom.